The van der Waals surface area contributed by atoms with Crippen molar-refractivity contribution in [1.29, 1.82) is 0 Å². The Hall–Kier alpha value is -4.01. The number of nitrogens with one attached hydrogen (secondary N) is 2. The first-order valence-electron chi connectivity index (χ1n) is 11.5. The second-order valence-corrected chi connectivity index (χ2v) is 8.21. The summed E-state index contributed by atoms with van der Waals surface area (Å²) in [6, 6.07) is 11.8. The van der Waals surface area contributed by atoms with Crippen LogP contribution in [0.3, 0.4) is 0 Å². The van der Waals surface area contributed by atoms with Gasteiger partial charge in [0.15, 0.2) is 11.2 Å². The summed E-state index contributed by atoms with van der Waals surface area (Å²) >= 11 is 0. The van der Waals surface area contributed by atoms with E-state index in [0.717, 1.165) is 40.5 Å². The molecule has 0 saturated heterocycles. The number of furan rings is 1. The molecule has 34 heavy (non-hydrogen) atoms. The molecule has 0 spiro atoms. The summed E-state index contributed by atoms with van der Waals surface area (Å²) in [6.45, 7) is 5.40. The number of para-hydroxylation sites is 1. The lowest BCUT2D eigenvalue weighted by molar-refractivity contribution is 0.417. The molecule has 3 heterocycles. The molecule has 176 valence electrons. The van der Waals surface area contributed by atoms with Crippen LogP contribution in [0, 0.1) is 0 Å². The number of imidazole rings is 1. The molecular formula is C25H27N5O4. The number of hydrogen-bond donors (Lipinski definition) is 2. The summed E-state index contributed by atoms with van der Waals surface area (Å²) < 4.78 is 15.1. The van der Waals surface area contributed by atoms with E-state index in [1.165, 1.54) is 0 Å². The van der Waals surface area contributed by atoms with Crippen molar-refractivity contribution in [2.75, 3.05) is 12.4 Å². The van der Waals surface area contributed by atoms with Crippen LogP contribution in [0.15, 0.2) is 50.4 Å². The van der Waals surface area contributed by atoms with Gasteiger partial charge in [0.2, 0.25) is 0 Å². The third kappa shape index (κ3) is 3.53. The van der Waals surface area contributed by atoms with Gasteiger partial charge in [-0.3, -0.25) is 14.3 Å². The molecule has 0 bridgehead atoms. The average molecular weight is 462 g/mol. The van der Waals surface area contributed by atoms with Crippen LogP contribution in [0.1, 0.15) is 32.5 Å². The van der Waals surface area contributed by atoms with E-state index in [0.29, 0.717) is 42.4 Å². The van der Waals surface area contributed by atoms with Crippen molar-refractivity contribution in [1.82, 2.24) is 19.1 Å². The van der Waals surface area contributed by atoms with E-state index in [9.17, 15) is 9.59 Å². The van der Waals surface area contributed by atoms with Gasteiger partial charge < -0.3 is 19.0 Å². The van der Waals surface area contributed by atoms with E-state index < -0.39 is 11.2 Å². The summed E-state index contributed by atoms with van der Waals surface area (Å²) in [5.41, 5.74) is 2.29. The van der Waals surface area contributed by atoms with E-state index in [2.05, 4.69) is 17.2 Å². The number of methoxy groups -OCH3 is 1. The first-order chi connectivity index (χ1) is 16.5. The number of nitrogens with zero attached hydrogens (tertiary/aromatic N) is 3. The smallest absolute Gasteiger partial charge is 0.330 e. The summed E-state index contributed by atoms with van der Waals surface area (Å²) in [5.74, 6) is 1.33. The van der Waals surface area contributed by atoms with Crippen LogP contribution in [0.4, 0.5) is 5.69 Å². The first kappa shape index (κ1) is 21.8. The van der Waals surface area contributed by atoms with Gasteiger partial charge >= 0.3 is 5.69 Å². The normalized spacial score (nSPS) is 11.6. The molecule has 9 heteroatoms. The summed E-state index contributed by atoms with van der Waals surface area (Å²) in [6.07, 6.45) is 1.75. The minimum atomic E-state index is -0.428. The van der Waals surface area contributed by atoms with Gasteiger partial charge in [0.05, 0.1) is 19.3 Å². The largest absolute Gasteiger partial charge is 0.495 e. The van der Waals surface area contributed by atoms with Crippen molar-refractivity contribution in [3.05, 3.63) is 63.1 Å². The molecule has 0 aliphatic carbocycles. The fraction of sp³-hybridized carbons (Fsp3) is 0.320. The molecule has 2 N–H and O–H groups in total. The number of hydrogen-bond acceptors (Lipinski definition) is 6. The zero-order valence-electron chi connectivity index (χ0n) is 19.5. The van der Waals surface area contributed by atoms with Gasteiger partial charge in [-0.1, -0.05) is 31.5 Å². The second-order valence-electron chi connectivity index (χ2n) is 8.21. The molecular weight excluding hydrogens is 434 g/mol. The van der Waals surface area contributed by atoms with Gasteiger partial charge in [0, 0.05) is 29.9 Å². The highest BCUT2D eigenvalue weighted by molar-refractivity contribution is 6.06. The van der Waals surface area contributed by atoms with Gasteiger partial charge in [-0.15, -0.1) is 0 Å². The van der Waals surface area contributed by atoms with Gasteiger partial charge in [-0.05, 0) is 25.5 Å². The maximum absolute atomic E-state index is 12.6. The lowest BCUT2D eigenvalue weighted by Crippen LogP contribution is -2.31. The Bertz CT molecular complexity index is 1620. The van der Waals surface area contributed by atoms with Gasteiger partial charge in [0.1, 0.15) is 22.7 Å². The summed E-state index contributed by atoms with van der Waals surface area (Å²) in [5, 5.41) is 5.39. The third-order valence-corrected chi connectivity index (χ3v) is 6.15. The second kappa shape index (κ2) is 8.74. The van der Waals surface area contributed by atoms with Crippen molar-refractivity contribution in [2.24, 2.45) is 0 Å². The fourth-order valence-corrected chi connectivity index (χ4v) is 4.45. The molecule has 0 atom stereocenters. The molecule has 5 rings (SSSR count). The quantitative estimate of drug-likeness (QED) is 0.358. The van der Waals surface area contributed by atoms with Gasteiger partial charge in [-0.25, -0.2) is 9.78 Å². The van der Waals surface area contributed by atoms with Crippen LogP contribution in [0.2, 0.25) is 0 Å². The molecule has 0 fully saturated rings. The number of aromatic amines is 1. The van der Waals surface area contributed by atoms with E-state index in [-0.39, 0.29) is 0 Å². The predicted octanol–water partition coefficient (Wildman–Crippen LogP) is 4.23. The number of fused-ring (bicyclic) bond motifs is 4. The summed E-state index contributed by atoms with van der Waals surface area (Å²) in [4.78, 5) is 32.2. The molecule has 0 unspecified atom stereocenters. The third-order valence-electron chi connectivity index (χ3n) is 6.15. The number of rotatable bonds is 8. The Morgan fingerprint density at radius 1 is 1.09 bits per heavy atom. The standard InChI is InChI=1S/C25H27N5O4/c1-4-6-11-30-23-22(24(31)28-25(30)32)29(5-2)21(27-23)14-26-17-13-19-16(12-20(17)33-3)15-9-7-8-10-18(15)34-19/h7-10,12-13,26H,4-6,11,14H2,1-3H3,(H,28,31,32). The molecule has 9 nitrogen and oxygen atoms in total. The molecule has 0 saturated carbocycles. The molecule has 5 aromatic rings. The number of ether oxygens (including phenoxy) is 1. The van der Waals surface area contributed by atoms with Crippen LogP contribution in [0.5, 0.6) is 5.75 Å². The van der Waals surface area contributed by atoms with E-state index in [1.54, 1.807) is 11.7 Å². The highest BCUT2D eigenvalue weighted by atomic mass is 16.5. The van der Waals surface area contributed by atoms with Crippen LogP contribution >= 0.6 is 0 Å². The van der Waals surface area contributed by atoms with E-state index >= 15 is 0 Å². The Morgan fingerprint density at radius 3 is 2.68 bits per heavy atom. The Balaban J connectivity index is 1.56. The van der Waals surface area contributed by atoms with Crippen molar-refractivity contribution >= 4 is 38.8 Å². The highest BCUT2D eigenvalue weighted by Gasteiger charge is 2.18. The lowest BCUT2D eigenvalue weighted by atomic mass is 10.1. The van der Waals surface area contributed by atoms with Crippen LogP contribution in [0.25, 0.3) is 33.1 Å². The number of anilines is 1. The van der Waals surface area contributed by atoms with Crippen molar-refractivity contribution in [3.8, 4) is 5.75 Å². The molecule has 0 amide bonds. The maximum Gasteiger partial charge on any atom is 0.330 e. The Kier molecular flexibility index (Phi) is 5.61. The van der Waals surface area contributed by atoms with Crippen LogP contribution < -0.4 is 21.3 Å². The van der Waals surface area contributed by atoms with E-state index in [4.69, 9.17) is 14.1 Å². The number of unbranched alkanes of at least 4 members (excludes halogenated alkanes) is 1. The SMILES string of the molecule is CCCCn1c(=O)[nH]c(=O)c2c1nc(CNc1cc3oc4ccccc4c3cc1OC)n2CC. The van der Waals surface area contributed by atoms with Crippen molar-refractivity contribution in [3.63, 3.8) is 0 Å². The first-order valence-corrected chi connectivity index (χ1v) is 11.5. The monoisotopic (exact) mass is 461 g/mol. The summed E-state index contributed by atoms with van der Waals surface area (Å²) in [7, 11) is 1.63. The average Bonchev–Trinajstić information content (AvgIpc) is 3.39. The maximum atomic E-state index is 12.6. The van der Waals surface area contributed by atoms with Gasteiger partial charge in [0.25, 0.3) is 5.56 Å². The number of aryl methyl sites for hydroxylation is 2. The van der Waals surface area contributed by atoms with Crippen molar-refractivity contribution < 1.29 is 9.15 Å². The van der Waals surface area contributed by atoms with Crippen molar-refractivity contribution in [2.45, 2.75) is 46.3 Å². The number of H-pyrrole nitrogens is 1. The fourth-order valence-electron chi connectivity index (χ4n) is 4.45. The van der Waals surface area contributed by atoms with Gasteiger partial charge in [-0.2, -0.15) is 0 Å². The molecule has 0 aliphatic rings. The Labute approximate surface area is 195 Å². The minimum Gasteiger partial charge on any atom is -0.495 e. The van der Waals surface area contributed by atoms with Crippen LogP contribution in [-0.2, 0) is 19.6 Å². The topological polar surface area (TPSA) is 107 Å². The highest BCUT2D eigenvalue weighted by Crippen LogP contribution is 2.36. The Morgan fingerprint density at radius 2 is 1.91 bits per heavy atom. The molecule has 0 aliphatic heterocycles. The molecule has 2 aromatic carbocycles. The molecule has 0 radical (unpaired) electrons. The number of benzene rings is 2. The zero-order chi connectivity index (χ0) is 23.8. The lowest BCUT2D eigenvalue weighted by Gasteiger charge is -2.12. The minimum absolute atomic E-state index is 0.339. The number of aromatic nitrogens is 4. The zero-order valence-corrected chi connectivity index (χ0v) is 19.5. The van der Waals surface area contributed by atoms with E-state index in [1.807, 2.05) is 47.9 Å². The molecule has 3 aromatic heterocycles. The predicted molar refractivity (Wildman–Crippen MR) is 133 cm³/mol. The van der Waals surface area contributed by atoms with Crippen LogP contribution in [-0.4, -0.2) is 26.2 Å².